The van der Waals surface area contributed by atoms with Crippen LogP contribution in [0.5, 0.6) is 0 Å². The van der Waals surface area contributed by atoms with Crippen molar-refractivity contribution in [2.24, 2.45) is 22.7 Å². The first-order chi connectivity index (χ1) is 17.0. The van der Waals surface area contributed by atoms with Crippen LogP contribution in [0.2, 0.25) is 0 Å². The van der Waals surface area contributed by atoms with E-state index >= 15 is 0 Å². The number of rotatable bonds is 8. The summed E-state index contributed by atoms with van der Waals surface area (Å²) in [5, 5.41) is 0. The Labute approximate surface area is 213 Å². The molecule has 4 atom stereocenters. The Morgan fingerprint density at radius 1 is 0.771 bits per heavy atom. The Morgan fingerprint density at radius 3 is 2.11 bits per heavy atom. The molecule has 35 heavy (non-hydrogen) atoms. The Balaban J connectivity index is 1.15. The number of nitrogens with zero attached hydrogens (tertiary/aromatic N) is 1. The number of hydrogen-bond donors (Lipinski definition) is 0. The largest absolute Gasteiger partial charge is 0.475 e. The molecule has 188 valence electrons. The quantitative estimate of drug-likeness (QED) is 0.352. The van der Waals surface area contributed by atoms with E-state index in [4.69, 9.17) is 9.73 Å². The number of ether oxygens (including phenoxy) is 1. The molecule has 1 heterocycles. The van der Waals surface area contributed by atoms with Gasteiger partial charge in [-0.2, -0.15) is 0 Å². The van der Waals surface area contributed by atoms with Crippen molar-refractivity contribution in [1.29, 1.82) is 0 Å². The zero-order valence-electron chi connectivity index (χ0n) is 22.3. The van der Waals surface area contributed by atoms with Crippen molar-refractivity contribution in [3.63, 3.8) is 0 Å². The standard InChI is InChI=1S/C33H45NO/c1-4-5-6-7-8-24-9-10-31-22-30(20-19-29(31)21-24)27-13-11-25(12-14-27)26-15-17-28(18-16-26)32-34-33(2,3)23-35-32/h11-18,24,29-31H,4-10,19-23H2,1-3H3/t24?,29-,30-,31-/m1/s1. The Morgan fingerprint density at radius 2 is 1.43 bits per heavy atom. The number of unbranched alkanes of at least 4 members (excludes halogenated alkanes) is 3. The minimum atomic E-state index is -0.115. The van der Waals surface area contributed by atoms with Gasteiger partial charge in [0.15, 0.2) is 0 Å². The summed E-state index contributed by atoms with van der Waals surface area (Å²) in [7, 11) is 0. The Hall–Kier alpha value is -2.09. The molecular weight excluding hydrogens is 426 g/mol. The predicted octanol–water partition coefficient (Wildman–Crippen LogP) is 9.18. The number of hydrogen-bond acceptors (Lipinski definition) is 2. The molecule has 2 heteroatoms. The van der Waals surface area contributed by atoms with Gasteiger partial charge in [0.05, 0.1) is 5.54 Å². The molecule has 2 aromatic carbocycles. The van der Waals surface area contributed by atoms with E-state index < -0.39 is 0 Å². The van der Waals surface area contributed by atoms with Crippen LogP contribution in [0.4, 0.5) is 0 Å². The van der Waals surface area contributed by atoms with Gasteiger partial charge in [-0.15, -0.1) is 0 Å². The topological polar surface area (TPSA) is 21.6 Å². The third kappa shape index (κ3) is 6.01. The molecule has 0 saturated heterocycles. The van der Waals surface area contributed by atoms with E-state index in [-0.39, 0.29) is 5.54 Å². The minimum Gasteiger partial charge on any atom is -0.475 e. The van der Waals surface area contributed by atoms with E-state index in [1.807, 2.05) is 0 Å². The second kappa shape index (κ2) is 10.9. The first kappa shape index (κ1) is 24.6. The van der Waals surface area contributed by atoms with Gasteiger partial charge in [-0.05, 0) is 98.4 Å². The molecule has 0 spiro atoms. The number of fused-ring (bicyclic) bond motifs is 1. The maximum Gasteiger partial charge on any atom is 0.216 e. The highest BCUT2D eigenvalue weighted by Gasteiger charge is 2.35. The summed E-state index contributed by atoms with van der Waals surface area (Å²) in [6.07, 6.45) is 15.9. The van der Waals surface area contributed by atoms with E-state index in [2.05, 4.69) is 69.3 Å². The summed E-state index contributed by atoms with van der Waals surface area (Å²) in [4.78, 5) is 4.70. The second-order valence-corrected chi connectivity index (χ2v) is 12.3. The monoisotopic (exact) mass is 471 g/mol. The van der Waals surface area contributed by atoms with Crippen molar-refractivity contribution in [1.82, 2.24) is 0 Å². The van der Waals surface area contributed by atoms with Crippen LogP contribution in [0.15, 0.2) is 53.5 Å². The van der Waals surface area contributed by atoms with Gasteiger partial charge >= 0.3 is 0 Å². The van der Waals surface area contributed by atoms with Crippen molar-refractivity contribution in [2.45, 2.75) is 103 Å². The van der Waals surface area contributed by atoms with E-state index in [0.717, 1.165) is 35.1 Å². The van der Waals surface area contributed by atoms with Crippen LogP contribution in [0.25, 0.3) is 11.1 Å². The fourth-order valence-corrected chi connectivity index (χ4v) is 6.90. The van der Waals surface area contributed by atoms with Crippen molar-refractivity contribution in [3.05, 3.63) is 59.7 Å². The lowest BCUT2D eigenvalue weighted by Crippen LogP contribution is -2.30. The summed E-state index contributed by atoms with van der Waals surface area (Å²) in [6, 6.07) is 18.2. The van der Waals surface area contributed by atoms with Gasteiger partial charge in [0.1, 0.15) is 6.61 Å². The lowest BCUT2D eigenvalue weighted by molar-refractivity contribution is 0.113. The lowest BCUT2D eigenvalue weighted by atomic mass is 9.63. The number of benzene rings is 2. The summed E-state index contributed by atoms with van der Waals surface area (Å²) in [6.45, 7) is 7.21. The van der Waals surface area contributed by atoms with E-state index in [9.17, 15) is 0 Å². The molecule has 2 aromatic rings. The average Bonchev–Trinajstić information content (AvgIpc) is 3.26. The van der Waals surface area contributed by atoms with Gasteiger partial charge in [0.25, 0.3) is 0 Å². The van der Waals surface area contributed by atoms with Crippen LogP contribution in [-0.4, -0.2) is 18.0 Å². The second-order valence-electron chi connectivity index (χ2n) is 12.3. The molecule has 0 bridgehead atoms. The summed E-state index contributed by atoms with van der Waals surface area (Å²) >= 11 is 0. The molecule has 2 aliphatic carbocycles. The maximum absolute atomic E-state index is 5.80. The summed E-state index contributed by atoms with van der Waals surface area (Å²) < 4.78 is 5.80. The molecule has 2 nitrogen and oxygen atoms in total. The van der Waals surface area contributed by atoms with E-state index in [1.54, 1.807) is 5.56 Å². The van der Waals surface area contributed by atoms with Gasteiger partial charge in [-0.1, -0.05) is 81.8 Å². The molecule has 2 saturated carbocycles. The molecule has 0 radical (unpaired) electrons. The first-order valence-corrected chi connectivity index (χ1v) is 14.4. The fraction of sp³-hybridized carbons (Fsp3) is 0.606. The highest BCUT2D eigenvalue weighted by molar-refractivity contribution is 5.95. The molecule has 5 rings (SSSR count). The molecule has 0 N–H and O–H groups in total. The van der Waals surface area contributed by atoms with E-state index in [0.29, 0.717) is 6.61 Å². The predicted molar refractivity (Wildman–Crippen MR) is 148 cm³/mol. The van der Waals surface area contributed by atoms with Crippen molar-refractivity contribution >= 4 is 5.90 Å². The van der Waals surface area contributed by atoms with Gasteiger partial charge < -0.3 is 4.74 Å². The third-order valence-electron chi connectivity index (χ3n) is 9.00. The zero-order valence-corrected chi connectivity index (χ0v) is 22.3. The summed E-state index contributed by atoms with van der Waals surface area (Å²) in [5.41, 5.74) is 5.08. The first-order valence-electron chi connectivity index (χ1n) is 14.4. The van der Waals surface area contributed by atoms with Crippen LogP contribution in [-0.2, 0) is 4.74 Å². The fourth-order valence-electron chi connectivity index (χ4n) is 6.90. The van der Waals surface area contributed by atoms with Crippen LogP contribution >= 0.6 is 0 Å². The molecule has 1 unspecified atom stereocenters. The maximum atomic E-state index is 5.80. The molecule has 0 aromatic heterocycles. The van der Waals surface area contributed by atoms with Crippen LogP contribution in [0.1, 0.15) is 108 Å². The van der Waals surface area contributed by atoms with Crippen LogP contribution < -0.4 is 0 Å². The summed E-state index contributed by atoms with van der Waals surface area (Å²) in [5.74, 6) is 4.54. The third-order valence-corrected chi connectivity index (χ3v) is 9.00. The lowest BCUT2D eigenvalue weighted by Gasteiger charge is -2.42. The molecule has 0 amide bonds. The van der Waals surface area contributed by atoms with Crippen molar-refractivity contribution in [2.75, 3.05) is 6.61 Å². The van der Waals surface area contributed by atoms with Crippen LogP contribution in [0.3, 0.4) is 0 Å². The molecule has 2 fully saturated rings. The average molecular weight is 472 g/mol. The molecule has 1 aliphatic heterocycles. The number of aliphatic imine (C=N–C) groups is 1. The SMILES string of the molecule is CCCCCCC1CC[C@@H]2C[C@H](c3ccc(-c4ccc(C5=NC(C)(C)CO5)cc4)cc3)CC[C@@H]2C1. The van der Waals surface area contributed by atoms with E-state index in [1.165, 1.54) is 81.8 Å². The van der Waals surface area contributed by atoms with Crippen LogP contribution in [0, 0.1) is 17.8 Å². The Bertz CT molecular complexity index is 987. The van der Waals surface area contributed by atoms with Gasteiger partial charge in [-0.3, -0.25) is 0 Å². The van der Waals surface area contributed by atoms with Gasteiger partial charge in [0, 0.05) is 5.56 Å². The highest BCUT2D eigenvalue weighted by Crippen LogP contribution is 2.48. The Kier molecular flexibility index (Phi) is 7.65. The van der Waals surface area contributed by atoms with Crippen molar-refractivity contribution in [3.8, 4) is 11.1 Å². The highest BCUT2D eigenvalue weighted by atomic mass is 16.5. The minimum absolute atomic E-state index is 0.115. The van der Waals surface area contributed by atoms with Gasteiger partial charge in [-0.25, -0.2) is 4.99 Å². The molecular formula is C33H45NO. The van der Waals surface area contributed by atoms with Crippen molar-refractivity contribution < 1.29 is 4.74 Å². The van der Waals surface area contributed by atoms with Gasteiger partial charge in [0.2, 0.25) is 5.90 Å². The zero-order chi connectivity index (χ0) is 24.3. The molecule has 3 aliphatic rings. The normalized spacial score (nSPS) is 27.7. The smallest absolute Gasteiger partial charge is 0.216 e.